The number of rotatable bonds is 3. The van der Waals surface area contributed by atoms with Crippen molar-refractivity contribution in [1.82, 2.24) is 0 Å². The summed E-state index contributed by atoms with van der Waals surface area (Å²) in [5.41, 5.74) is 3.17. The van der Waals surface area contributed by atoms with Crippen LogP contribution in [0.25, 0.3) is 0 Å². The predicted octanol–water partition coefficient (Wildman–Crippen LogP) is 4.04. The Kier molecular flexibility index (Phi) is 3.85. The van der Waals surface area contributed by atoms with Gasteiger partial charge in [0.1, 0.15) is 0 Å². The Balaban J connectivity index is 2.02. The van der Waals surface area contributed by atoms with E-state index < -0.39 is 0 Å². The normalized spacial score (nSPS) is 9.65. The molecule has 2 rings (SSSR count). The molecule has 0 saturated carbocycles. The van der Waals surface area contributed by atoms with Gasteiger partial charge in [-0.05, 0) is 35.9 Å². The van der Waals surface area contributed by atoms with Crippen LogP contribution in [0.15, 0.2) is 53.0 Å². The maximum Gasteiger partial charge on any atom is 0.0400 e. The summed E-state index contributed by atoms with van der Waals surface area (Å²) in [5.74, 6) is 2.63. The third kappa shape index (κ3) is 3.37. The van der Waals surface area contributed by atoms with Crippen LogP contribution in [0.3, 0.4) is 0 Å². The molecular weight excluding hydrogens is 274 g/mol. The molecule has 0 aromatic heterocycles. The quantitative estimate of drug-likeness (QED) is 0.840. The summed E-state index contributed by atoms with van der Waals surface area (Å²) in [6.07, 6.45) is 5.36. The zero-order valence-electron chi connectivity index (χ0n) is 9.28. The SMILES string of the molecule is C#Cc1cccc(NCc2ccc(Br)cc2)c1. The Morgan fingerprint density at radius 1 is 1.12 bits per heavy atom. The van der Waals surface area contributed by atoms with Crippen molar-refractivity contribution in [2.24, 2.45) is 0 Å². The van der Waals surface area contributed by atoms with Gasteiger partial charge in [0.25, 0.3) is 0 Å². The van der Waals surface area contributed by atoms with E-state index in [1.54, 1.807) is 0 Å². The molecule has 17 heavy (non-hydrogen) atoms. The molecule has 0 amide bonds. The summed E-state index contributed by atoms with van der Waals surface area (Å²) < 4.78 is 1.09. The van der Waals surface area contributed by atoms with Gasteiger partial charge in [-0.3, -0.25) is 0 Å². The molecule has 0 fully saturated rings. The molecule has 0 aliphatic heterocycles. The van der Waals surface area contributed by atoms with E-state index in [4.69, 9.17) is 6.42 Å². The van der Waals surface area contributed by atoms with Gasteiger partial charge in [0.15, 0.2) is 0 Å². The van der Waals surface area contributed by atoms with Crippen molar-refractivity contribution >= 4 is 21.6 Å². The van der Waals surface area contributed by atoms with Gasteiger partial charge in [-0.2, -0.15) is 0 Å². The van der Waals surface area contributed by atoms with Crippen LogP contribution in [-0.2, 0) is 6.54 Å². The summed E-state index contributed by atoms with van der Waals surface area (Å²) in [4.78, 5) is 0. The molecule has 1 N–H and O–H groups in total. The summed E-state index contributed by atoms with van der Waals surface area (Å²) in [7, 11) is 0. The molecule has 0 saturated heterocycles. The summed E-state index contributed by atoms with van der Waals surface area (Å²) in [6.45, 7) is 0.793. The average molecular weight is 286 g/mol. The molecular formula is C15H12BrN. The second-order valence-electron chi connectivity index (χ2n) is 3.71. The number of nitrogens with one attached hydrogen (secondary N) is 1. The van der Waals surface area contributed by atoms with Crippen LogP contribution in [-0.4, -0.2) is 0 Å². The first-order chi connectivity index (χ1) is 8.28. The lowest BCUT2D eigenvalue weighted by Gasteiger charge is -2.07. The fraction of sp³-hybridized carbons (Fsp3) is 0.0667. The zero-order valence-corrected chi connectivity index (χ0v) is 10.9. The van der Waals surface area contributed by atoms with Gasteiger partial charge in [0.05, 0.1) is 0 Å². The second-order valence-corrected chi connectivity index (χ2v) is 4.62. The topological polar surface area (TPSA) is 12.0 Å². The Labute approximate surface area is 110 Å². The van der Waals surface area contributed by atoms with Crippen molar-refractivity contribution in [2.75, 3.05) is 5.32 Å². The maximum absolute atomic E-state index is 5.36. The standard InChI is InChI=1S/C15H12BrN/c1-2-12-4-3-5-15(10-12)17-11-13-6-8-14(16)9-7-13/h1,3-10,17H,11H2. The number of hydrogen-bond donors (Lipinski definition) is 1. The van der Waals surface area contributed by atoms with Crippen molar-refractivity contribution < 1.29 is 0 Å². The van der Waals surface area contributed by atoms with Crippen LogP contribution >= 0.6 is 15.9 Å². The van der Waals surface area contributed by atoms with E-state index in [9.17, 15) is 0 Å². The van der Waals surface area contributed by atoms with Gasteiger partial charge < -0.3 is 5.32 Å². The van der Waals surface area contributed by atoms with Gasteiger partial charge in [0.2, 0.25) is 0 Å². The van der Waals surface area contributed by atoms with Crippen LogP contribution in [0, 0.1) is 12.3 Å². The molecule has 0 heterocycles. The Morgan fingerprint density at radius 3 is 2.59 bits per heavy atom. The van der Waals surface area contributed by atoms with Gasteiger partial charge in [-0.1, -0.05) is 40.0 Å². The van der Waals surface area contributed by atoms with Crippen LogP contribution < -0.4 is 5.32 Å². The van der Waals surface area contributed by atoms with E-state index >= 15 is 0 Å². The summed E-state index contributed by atoms with van der Waals surface area (Å²) in [5, 5.41) is 3.34. The van der Waals surface area contributed by atoms with E-state index in [1.807, 2.05) is 36.4 Å². The van der Waals surface area contributed by atoms with Gasteiger partial charge in [-0.15, -0.1) is 6.42 Å². The Morgan fingerprint density at radius 2 is 1.88 bits per heavy atom. The van der Waals surface area contributed by atoms with E-state index in [1.165, 1.54) is 5.56 Å². The highest BCUT2D eigenvalue weighted by Crippen LogP contribution is 2.14. The number of benzene rings is 2. The van der Waals surface area contributed by atoms with Crippen molar-refractivity contribution in [3.8, 4) is 12.3 Å². The molecule has 0 unspecified atom stereocenters. The molecule has 0 atom stereocenters. The minimum atomic E-state index is 0.793. The van der Waals surface area contributed by atoms with Crippen molar-refractivity contribution in [3.05, 3.63) is 64.1 Å². The average Bonchev–Trinajstić information content (AvgIpc) is 2.38. The van der Waals surface area contributed by atoms with Gasteiger partial charge >= 0.3 is 0 Å². The lowest BCUT2D eigenvalue weighted by molar-refractivity contribution is 1.15. The summed E-state index contributed by atoms with van der Waals surface area (Å²) >= 11 is 3.42. The van der Waals surface area contributed by atoms with Gasteiger partial charge in [0, 0.05) is 22.3 Å². The molecule has 84 valence electrons. The molecule has 0 radical (unpaired) electrons. The first-order valence-corrected chi connectivity index (χ1v) is 6.12. The van der Waals surface area contributed by atoms with E-state index in [0.717, 1.165) is 22.3 Å². The molecule has 2 aromatic rings. The molecule has 0 aliphatic rings. The highest BCUT2D eigenvalue weighted by molar-refractivity contribution is 9.10. The molecule has 0 spiro atoms. The molecule has 0 bridgehead atoms. The van der Waals surface area contributed by atoms with Crippen molar-refractivity contribution in [1.29, 1.82) is 0 Å². The smallest absolute Gasteiger partial charge is 0.0400 e. The largest absolute Gasteiger partial charge is 0.381 e. The summed E-state index contributed by atoms with van der Waals surface area (Å²) in [6, 6.07) is 16.1. The highest BCUT2D eigenvalue weighted by atomic mass is 79.9. The van der Waals surface area contributed by atoms with Crippen LogP contribution in [0.4, 0.5) is 5.69 Å². The van der Waals surface area contributed by atoms with Gasteiger partial charge in [-0.25, -0.2) is 0 Å². The second kappa shape index (κ2) is 5.56. The molecule has 2 aromatic carbocycles. The Bertz CT molecular complexity index is 538. The third-order valence-electron chi connectivity index (χ3n) is 2.44. The van der Waals surface area contributed by atoms with Crippen LogP contribution in [0.5, 0.6) is 0 Å². The first-order valence-electron chi connectivity index (χ1n) is 5.33. The van der Waals surface area contributed by atoms with E-state index in [2.05, 4.69) is 39.3 Å². The molecule has 0 aliphatic carbocycles. The first kappa shape index (κ1) is 11.8. The van der Waals surface area contributed by atoms with Crippen LogP contribution in [0.1, 0.15) is 11.1 Å². The lowest BCUT2D eigenvalue weighted by atomic mass is 10.2. The number of halogens is 1. The number of terminal acetylenes is 1. The molecule has 1 nitrogen and oxygen atoms in total. The van der Waals surface area contributed by atoms with Crippen molar-refractivity contribution in [3.63, 3.8) is 0 Å². The number of hydrogen-bond acceptors (Lipinski definition) is 1. The Hall–Kier alpha value is -1.72. The number of anilines is 1. The predicted molar refractivity (Wildman–Crippen MR) is 75.8 cm³/mol. The van der Waals surface area contributed by atoms with E-state index in [0.29, 0.717) is 0 Å². The monoisotopic (exact) mass is 285 g/mol. The fourth-order valence-electron chi connectivity index (χ4n) is 1.53. The third-order valence-corrected chi connectivity index (χ3v) is 2.97. The fourth-order valence-corrected chi connectivity index (χ4v) is 1.79. The minimum absolute atomic E-state index is 0.793. The van der Waals surface area contributed by atoms with Crippen molar-refractivity contribution in [2.45, 2.75) is 6.54 Å². The van der Waals surface area contributed by atoms with E-state index in [-0.39, 0.29) is 0 Å². The van der Waals surface area contributed by atoms with Crippen LogP contribution in [0.2, 0.25) is 0 Å². The lowest BCUT2D eigenvalue weighted by Crippen LogP contribution is -1.99. The maximum atomic E-state index is 5.36. The molecule has 2 heteroatoms. The zero-order chi connectivity index (χ0) is 12.1. The minimum Gasteiger partial charge on any atom is -0.381 e. The highest BCUT2D eigenvalue weighted by Gasteiger charge is 1.95.